The predicted octanol–water partition coefficient (Wildman–Crippen LogP) is 3.98. The standard InChI is InChI=1S/C19H22N4O2S2/c1-4-23(16-8-6-5-7-9-16)27(24,25)17-10-11-19(20-12-17)21-13-18-14(2)26-15(3)22-18/h5-12H,4,13H2,1-3H3,(H,20,21). The number of benzene rings is 1. The van der Waals surface area contributed by atoms with E-state index in [1.54, 1.807) is 35.6 Å². The number of rotatable bonds is 7. The first-order valence-corrected chi connectivity index (χ1v) is 10.9. The Kier molecular flexibility index (Phi) is 5.76. The van der Waals surface area contributed by atoms with Crippen LogP contribution >= 0.6 is 11.3 Å². The molecular weight excluding hydrogens is 380 g/mol. The Morgan fingerprint density at radius 3 is 2.41 bits per heavy atom. The number of para-hydroxylation sites is 1. The van der Waals surface area contributed by atoms with Gasteiger partial charge in [0.05, 0.1) is 22.9 Å². The van der Waals surface area contributed by atoms with Crippen LogP contribution in [-0.2, 0) is 16.6 Å². The van der Waals surface area contributed by atoms with Gasteiger partial charge in [-0.15, -0.1) is 11.3 Å². The molecule has 0 amide bonds. The number of hydrogen-bond acceptors (Lipinski definition) is 6. The molecule has 8 heteroatoms. The number of anilines is 2. The van der Waals surface area contributed by atoms with E-state index in [9.17, 15) is 8.42 Å². The fraction of sp³-hybridized carbons (Fsp3) is 0.263. The van der Waals surface area contributed by atoms with Gasteiger partial charge in [0, 0.05) is 17.6 Å². The Hall–Kier alpha value is -2.45. The molecule has 0 aliphatic carbocycles. The molecule has 6 nitrogen and oxygen atoms in total. The van der Waals surface area contributed by atoms with Crippen LogP contribution in [0.15, 0.2) is 53.6 Å². The van der Waals surface area contributed by atoms with Gasteiger partial charge in [0.25, 0.3) is 10.0 Å². The first-order chi connectivity index (χ1) is 12.9. The van der Waals surface area contributed by atoms with Crippen molar-refractivity contribution in [3.05, 3.63) is 64.2 Å². The summed E-state index contributed by atoms with van der Waals surface area (Å²) in [4.78, 5) is 10.1. The van der Waals surface area contributed by atoms with Gasteiger partial charge in [-0.1, -0.05) is 18.2 Å². The third-order valence-corrected chi connectivity index (χ3v) is 6.91. The lowest BCUT2D eigenvalue weighted by Gasteiger charge is -2.22. The lowest BCUT2D eigenvalue weighted by molar-refractivity contribution is 0.591. The van der Waals surface area contributed by atoms with E-state index in [1.165, 1.54) is 15.4 Å². The van der Waals surface area contributed by atoms with E-state index in [-0.39, 0.29) is 4.90 Å². The van der Waals surface area contributed by atoms with Gasteiger partial charge in [-0.3, -0.25) is 4.31 Å². The van der Waals surface area contributed by atoms with Crippen LogP contribution < -0.4 is 9.62 Å². The average molecular weight is 403 g/mol. The van der Waals surface area contributed by atoms with Crippen LogP contribution in [0.5, 0.6) is 0 Å². The number of pyridine rings is 1. The van der Waals surface area contributed by atoms with E-state index in [4.69, 9.17) is 0 Å². The van der Waals surface area contributed by atoms with Gasteiger partial charge in [-0.25, -0.2) is 18.4 Å². The molecule has 0 radical (unpaired) electrons. The molecule has 142 valence electrons. The number of aromatic nitrogens is 2. The predicted molar refractivity (Wildman–Crippen MR) is 110 cm³/mol. The van der Waals surface area contributed by atoms with Crippen LogP contribution in [0.4, 0.5) is 11.5 Å². The monoisotopic (exact) mass is 402 g/mol. The zero-order chi connectivity index (χ0) is 19.4. The molecule has 0 aliphatic heterocycles. The van der Waals surface area contributed by atoms with Crippen molar-refractivity contribution in [2.45, 2.75) is 32.2 Å². The summed E-state index contributed by atoms with van der Waals surface area (Å²) in [7, 11) is -3.66. The topological polar surface area (TPSA) is 75.2 Å². The summed E-state index contributed by atoms with van der Waals surface area (Å²) < 4.78 is 27.3. The SMILES string of the molecule is CCN(c1ccccc1)S(=O)(=O)c1ccc(NCc2nc(C)sc2C)nc1. The maximum atomic E-state index is 13.0. The zero-order valence-electron chi connectivity index (χ0n) is 15.5. The van der Waals surface area contributed by atoms with Crippen molar-refractivity contribution in [3.63, 3.8) is 0 Å². The van der Waals surface area contributed by atoms with Gasteiger partial charge in [0.2, 0.25) is 0 Å². The first kappa shape index (κ1) is 19.3. The highest BCUT2D eigenvalue weighted by Crippen LogP contribution is 2.23. The molecule has 2 heterocycles. The molecule has 3 rings (SSSR count). The molecule has 1 aromatic carbocycles. The largest absolute Gasteiger partial charge is 0.364 e. The number of aryl methyl sites for hydroxylation is 2. The van der Waals surface area contributed by atoms with Gasteiger partial charge in [0.15, 0.2) is 0 Å². The average Bonchev–Trinajstić information content (AvgIpc) is 2.99. The van der Waals surface area contributed by atoms with E-state index in [2.05, 4.69) is 15.3 Å². The Morgan fingerprint density at radius 2 is 1.85 bits per heavy atom. The molecule has 27 heavy (non-hydrogen) atoms. The third-order valence-electron chi connectivity index (χ3n) is 4.09. The molecule has 0 bridgehead atoms. The number of nitrogens with one attached hydrogen (secondary N) is 1. The first-order valence-electron chi connectivity index (χ1n) is 8.62. The highest BCUT2D eigenvalue weighted by Gasteiger charge is 2.23. The van der Waals surface area contributed by atoms with Crippen molar-refractivity contribution >= 4 is 32.9 Å². The molecule has 0 atom stereocenters. The number of hydrogen-bond donors (Lipinski definition) is 1. The molecule has 2 aromatic heterocycles. The Balaban J connectivity index is 1.76. The van der Waals surface area contributed by atoms with Crippen LogP contribution in [-0.4, -0.2) is 24.9 Å². The maximum Gasteiger partial charge on any atom is 0.265 e. The van der Waals surface area contributed by atoms with E-state index in [0.29, 0.717) is 24.6 Å². The highest BCUT2D eigenvalue weighted by atomic mass is 32.2. The van der Waals surface area contributed by atoms with E-state index in [1.807, 2.05) is 39.0 Å². The fourth-order valence-electron chi connectivity index (χ4n) is 2.76. The van der Waals surface area contributed by atoms with Gasteiger partial charge >= 0.3 is 0 Å². The summed E-state index contributed by atoms with van der Waals surface area (Å²) in [6.07, 6.45) is 1.39. The second-order valence-electron chi connectivity index (χ2n) is 5.97. The number of nitrogens with zero attached hydrogens (tertiary/aromatic N) is 3. The van der Waals surface area contributed by atoms with Crippen LogP contribution in [0.1, 0.15) is 22.5 Å². The van der Waals surface area contributed by atoms with Gasteiger partial charge < -0.3 is 5.32 Å². The summed E-state index contributed by atoms with van der Waals surface area (Å²) in [5, 5.41) is 4.22. The summed E-state index contributed by atoms with van der Waals surface area (Å²) in [5.74, 6) is 0.613. The molecule has 0 saturated heterocycles. The van der Waals surface area contributed by atoms with Crippen molar-refractivity contribution in [2.75, 3.05) is 16.2 Å². The second kappa shape index (κ2) is 8.06. The van der Waals surface area contributed by atoms with E-state index in [0.717, 1.165) is 10.7 Å². The molecule has 0 unspecified atom stereocenters. The minimum absolute atomic E-state index is 0.166. The Bertz CT molecular complexity index is 1000. The normalized spacial score (nSPS) is 11.4. The van der Waals surface area contributed by atoms with E-state index < -0.39 is 10.0 Å². The molecule has 0 fully saturated rings. The maximum absolute atomic E-state index is 13.0. The Morgan fingerprint density at radius 1 is 1.11 bits per heavy atom. The van der Waals surface area contributed by atoms with Crippen molar-refractivity contribution in [1.82, 2.24) is 9.97 Å². The van der Waals surface area contributed by atoms with Crippen LogP contribution in [0.25, 0.3) is 0 Å². The molecule has 0 spiro atoms. The third kappa shape index (κ3) is 4.28. The minimum atomic E-state index is -3.66. The fourth-order valence-corrected chi connectivity index (χ4v) is 5.01. The van der Waals surface area contributed by atoms with Crippen molar-refractivity contribution in [3.8, 4) is 0 Å². The summed E-state index contributed by atoms with van der Waals surface area (Å²) >= 11 is 1.66. The molecule has 0 saturated carbocycles. The van der Waals surface area contributed by atoms with Gasteiger partial charge in [-0.05, 0) is 45.0 Å². The van der Waals surface area contributed by atoms with Crippen LogP contribution in [0.3, 0.4) is 0 Å². The quantitative estimate of drug-likeness (QED) is 0.647. The van der Waals surface area contributed by atoms with Gasteiger partial charge in [-0.2, -0.15) is 0 Å². The molecule has 1 N–H and O–H groups in total. The van der Waals surface area contributed by atoms with Gasteiger partial charge in [0.1, 0.15) is 10.7 Å². The second-order valence-corrected chi connectivity index (χ2v) is 9.24. The zero-order valence-corrected chi connectivity index (χ0v) is 17.1. The summed E-state index contributed by atoms with van der Waals surface area (Å²) in [6.45, 7) is 6.72. The van der Waals surface area contributed by atoms with Crippen LogP contribution in [0, 0.1) is 13.8 Å². The lowest BCUT2D eigenvalue weighted by Crippen LogP contribution is -2.30. The lowest BCUT2D eigenvalue weighted by atomic mass is 10.3. The highest BCUT2D eigenvalue weighted by molar-refractivity contribution is 7.92. The van der Waals surface area contributed by atoms with Crippen molar-refractivity contribution in [2.24, 2.45) is 0 Å². The molecular formula is C19H22N4O2S2. The molecule has 3 aromatic rings. The Labute approximate surface area is 164 Å². The summed E-state index contributed by atoms with van der Waals surface area (Å²) in [5.41, 5.74) is 1.62. The van der Waals surface area contributed by atoms with E-state index >= 15 is 0 Å². The van der Waals surface area contributed by atoms with Crippen molar-refractivity contribution in [1.29, 1.82) is 0 Å². The number of sulfonamides is 1. The smallest absolute Gasteiger partial charge is 0.265 e. The summed E-state index contributed by atoms with van der Waals surface area (Å²) in [6, 6.07) is 12.3. The van der Waals surface area contributed by atoms with Crippen LogP contribution in [0.2, 0.25) is 0 Å². The van der Waals surface area contributed by atoms with Crippen molar-refractivity contribution < 1.29 is 8.42 Å². The minimum Gasteiger partial charge on any atom is -0.364 e. The molecule has 0 aliphatic rings. The number of thiazole rings is 1.